The molecule has 3 fully saturated rings. The van der Waals surface area contributed by atoms with E-state index < -0.39 is 11.7 Å². The molecule has 0 spiro atoms. The number of Topliss-reactive ketones (excluding diaryl/α,β-unsaturated/α-hetero) is 1. The maximum Gasteiger partial charge on any atom is 0.305 e. The van der Waals surface area contributed by atoms with E-state index in [9.17, 15) is 19.8 Å². The minimum absolute atomic E-state index is 0.110. The number of ether oxygens (including phenoxy) is 1. The van der Waals surface area contributed by atoms with Crippen LogP contribution in [-0.2, 0) is 14.3 Å². The van der Waals surface area contributed by atoms with Gasteiger partial charge in [-0.15, -0.1) is 0 Å². The third kappa shape index (κ3) is 5.04. The SMILES string of the molecule is COC(=O)CCCCCC[C@H]1C(=O)C[C@@H](O)[C@@H]1/C=C/CC1(O)CC2CCC1C2. The Morgan fingerprint density at radius 2 is 2.04 bits per heavy atom. The summed E-state index contributed by atoms with van der Waals surface area (Å²) in [5.41, 5.74) is -0.567. The number of hydrogen-bond acceptors (Lipinski definition) is 5. The molecule has 28 heavy (non-hydrogen) atoms. The normalized spacial score (nSPS) is 37.2. The Hall–Kier alpha value is -1.20. The molecule has 3 aliphatic carbocycles. The number of ketones is 1. The van der Waals surface area contributed by atoms with Crippen molar-refractivity contribution in [2.24, 2.45) is 23.7 Å². The summed E-state index contributed by atoms with van der Waals surface area (Å²) in [4.78, 5) is 23.4. The van der Waals surface area contributed by atoms with E-state index in [2.05, 4.69) is 4.74 Å². The zero-order valence-electron chi connectivity index (χ0n) is 17.1. The molecule has 0 aromatic heterocycles. The van der Waals surface area contributed by atoms with Crippen LogP contribution < -0.4 is 0 Å². The van der Waals surface area contributed by atoms with E-state index in [-0.39, 0.29) is 30.0 Å². The van der Waals surface area contributed by atoms with Crippen LogP contribution in [0.5, 0.6) is 0 Å². The molecule has 0 radical (unpaired) electrons. The van der Waals surface area contributed by atoms with Gasteiger partial charge in [-0.1, -0.05) is 31.4 Å². The minimum atomic E-state index is -0.595. The van der Waals surface area contributed by atoms with Crippen LogP contribution >= 0.6 is 0 Å². The lowest BCUT2D eigenvalue weighted by atomic mass is 9.81. The lowest BCUT2D eigenvalue weighted by Crippen LogP contribution is -2.34. The number of aliphatic hydroxyl groups excluding tert-OH is 1. The van der Waals surface area contributed by atoms with Gasteiger partial charge in [0, 0.05) is 24.7 Å². The molecule has 3 unspecified atom stereocenters. The third-order valence-corrected chi connectivity index (χ3v) is 7.38. The lowest BCUT2D eigenvalue weighted by molar-refractivity contribution is -0.140. The second kappa shape index (κ2) is 9.53. The van der Waals surface area contributed by atoms with E-state index in [1.807, 2.05) is 12.2 Å². The molecule has 3 saturated carbocycles. The van der Waals surface area contributed by atoms with Crippen molar-refractivity contribution in [3.63, 3.8) is 0 Å². The van der Waals surface area contributed by atoms with Gasteiger partial charge < -0.3 is 14.9 Å². The number of esters is 1. The predicted octanol–water partition coefficient (Wildman–Crippen LogP) is 3.56. The quantitative estimate of drug-likeness (QED) is 0.337. The summed E-state index contributed by atoms with van der Waals surface area (Å²) in [5, 5.41) is 21.2. The second-order valence-corrected chi connectivity index (χ2v) is 9.27. The first-order valence-corrected chi connectivity index (χ1v) is 11.1. The molecule has 0 heterocycles. The number of fused-ring (bicyclic) bond motifs is 2. The van der Waals surface area contributed by atoms with Crippen LogP contribution in [0.4, 0.5) is 0 Å². The molecule has 2 N–H and O–H groups in total. The van der Waals surface area contributed by atoms with Gasteiger partial charge in [-0.05, 0) is 56.8 Å². The average Bonchev–Trinajstić information content (AvgIpc) is 3.32. The number of carbonyl (C=O) groups excluding carboxylic acids is 2. The molecule has 5 nitrogen and oxygen atoms in total. The molecule has 0 saturated heterocycles. The summed E-state index contributed by atoms with van der Waals surface area (Å²) >= 11 is 0. The van der Waals surface area contributed by atoms with E-state index in [0.717, 1.165) is 51.4 Å². The maximum atomic E-state index is 12.3. The summed E-state index contributed by atoms with van der Waals surface area (Å²) in [7, 11) is 1.41. The second-order valence-electron chi connectivity index (χ2n) is 9.27. The van der Waals surface area contributed by atoms with E-state index in [4.69, 9.17) is 0 Å². The van der Waals surface area contributed by atoms with Gasteiger partial charge in [0.2, 0.25) is 0 Å². The first-order chi connectivity index (χ1) is 13.4. The van der Waals surface area contributed by atoms with E-state index in [1.165, 1.54) is 13.5 Å². The highest BCUT2D eigenvalue weighted by molar-refractivity contribution is 5.84. The van der Waals surface area contributed by atoms with Gasteiger partial charge in [-0.2, -0.15) is 0 Å². The van der Waals surface area contributed by atoms with Gasteiger partial charge in [0.15, 0.2) is 0 Å². The Morgan fingerprint density at radius 1 is 1.25 bits per heavy atom. The van der Waals surface area contributed by atoms with Crippen LogP contribution in [0.15, 0.2) is 12.2 Å². The van der Waals surface area contributed by atoms with Crippen molar-refractivity contribution < 1.29 is 24.5 Å². The predicted molar refractivity (Wildman–Crippen MR) is 106 cm³/mol. The topological polar surface area (TPSA) is 83.8 Å². The third-order valence-electron chi connectivity index (χ3n) is 7.38. The lowest BCUT2D eigenvalue weighted by Gasteiger charge is -2.31. The van der Waals surface area contributed by atoms with E-state index in [0.29, 0.717) is 24.7 Å². The number of hydrogen-bond donors (Lipinski definition) is 2. The highest BCUT2D eigenvalue weighted by atomic mass is 16.5. The Morgan fingerprint density at radius 3 is 2.71 bits per heavy atom. The zero-order chi connectivity index (χ0) is 20.1. The van der Waals surface area contributed by atoms with Crippen molar-refractivity contribution in [3.8, 4) is 0 Å². The Labute approximate surface area is 168 Å². The van der Waals surface area contributed by atoms with Crippen molar-refractivity contribution in [1.82, 2.24) is 0 Å². The molecule has 0 amide bonds. The molecule has 0 aliphatic heterocycles. The molecule has 0 aromatic rings. The molecule has 2 bridgehead atoms. The maximum absolute atomic E-state index is 12.3. The Balaban J connectivity index is 1.43. The zero-order valence-corrected chi connectivity index (χ0v) is 17.1. The van der Waals surface area contributed by atoms with Crippen molar-refractivity contribution in [2.75, 3.05) is 7.11 Å². The van der Waals surface area contributed by atoms with Crippen molar-refractivity contribution in [2.45, 2.75) is 88.8 Å². The molecule has 6 atom stereocenters. The van der Waals surface area contributed by atoms with Gasteiger partial charge in [0.1, 0.15) is 5.78 Å². The van der Waals surface area contributed by atoms with Crippen LogP contribution in [0, 0.1) is 23.7 Å². The van der Waals surface area contributed by atoms with Crippen LogP contribution in [0.2, 0.25) is 0 Å². The molecule has 3 aliphatic rings. The van der Waals surface area contributed by atoms with Crippen LogP contribution in [0.25, 0.3) is 0 Å². The molecule has 3 rings (SSSR count). The molecule has 158 valence electrons. The van der Waals surface area contributed by atoms with Gasteiger partial charge in [0.05, 0.1) is 18.8 Å². The van der Waals surface area contributed by atoms with Crippen molar-refractivity contribution in [1.29, 1.82) is 0 Å². The minimum Gasteiger partial charge on any atom is -0.469 e. The largest absolute Gasteiger partial charge is 0.469 e. The number of rotatable bonds is 10. The van der Waals surface area contributed by atoms with Crippen molar-refractivity contribution >= 4 is 11.8 Å². The fourth-order valence-corrected chi connectivity index (χ4v) is 5.78. The fourth-order valence-electron chi connectivity index (χ4n) is 5.78. The number of carbonyl (C=O) groups is 2. The summed E-state index contributed by atoms with van der Waals surface area (Å²) in [6.45, 7) is 0. The molecular formula is C23H36O5. The summed E-state index contributed by atoms with van der Waals surface area (Å²) < 4.78 is 4.64. The van der Waals surface area contributed by atoms with Gasteiger partial charge in [0.25, 0.3) is 0 Å². The first kappa shape index (κ1) is 21.5. The molecular weight excluding hydrogens is 356 g/mol. The van der Waals surface area contributed by atoms with Gasteiger partial charge in [-0.3, -0.25) is 9.59 Å². The standard InChI is InChI=1S/C23H36O5/c1-28-22(26)9-5-3-2-4-7-18-19(21(25)14-20(18)24)8-6-12-23(27)15-16-10-11-17(23)13-16/h6,8,16-19,21,25,27H,2-5,7,9-15H2,1H3/b8-6+/t16?,17?,18-,19-,21-,23?/m1/s1. The van der Waals surface area contributed by atoms with Gasteiger partial charge >= 0.3 is 5.97 Å². The fraction of sp³-hybridized carbons (Fsp3) is 0.826. The molecule has 5 heteroatoms. The summed E-state index contributed by atoms with van der Waals surface area (Å²) in [6.07, 6.45) is 13.7. The van der Waals surface area contributed by atoms with Crippen LogP contribution in [0.3, 0.4) is 0 Å². The first-order valence-electron chi connectivity index (χ1n) is 11.1. The monoisotopic (exact) mass is 392 g/mol. The van der Waals surface area contributed by atoms with Crippen molar-refractivity contribution in [3.05, 3.63) is 12.2 Å². The Kier molecular flexibility index (Phi) is 7.32. The highest BCUT2D eigenvalue weighted by Crippen LogP contribution is 2.52. The number of methoxy groups -OCH3 is 1. The van der Waals surface area contributed by atoms with Crippen LogP contribution in [-0.4, -0.2) is 40.8 Å². The highest BCUT2D eigenvalue weighted by Gasteiger charge is 2.49. The summed E-state index contributed by atoms with van der Waals surface area (Å²) in [5.74, 6) is 0.880. The number of aliphatic hydroxyl groups is 2. The number of unbranched alkanes of at least 4 members (excludes halogenated alkanes) is 3. The Bertz CT molecular complexity index is 586. The van der Waals surface area contributed by atoms with E-state index in [1.54, 1.807) is 0 Å². The molecule has 0 aromatic carbocycles. The van der Waals surface area contributed by atoms with Crippen LogP contribution in [0.1, 0.15) is 77.0 Å². The van der Waals surface area contributed by atoms with E-state index >= 15 is 0 Å². The van der Waals surface area contributed by atoms with Gasteiger partial charge in [-0.25, -0.2) is 0 Å². The smallest absolute Gasteiger partial charge is 0.305 e. The average molecular weight is 393 g/mol. The summed E-state index contributed by atoms with van der Waals surface area (Å²) in [6, 6.07) is 0.